The molecule has 0 spiro atoms. The lowest BCUT2D eigenvalue weighted by atomic mass is 10.0. The molecule has 0 bridgehead atoms. The van der Waals surface area contributed by atoms with Crippen molar-refractivity contribution >= 4 is 17.3 Å². The molecule has 0 heterocycles. The Hall–Kier alpha value is -4.00. The van der Waals surface area contributed by atoms with Crippen LogP contribution in [0.4, 0.5) is 5.69 Å². The fourth-order valence-electron chi connectivity index (χ4n) is 2.65. The first kappa shape index (κ1) is 19.8. The summed E-state index contributed by atoms with van der Waals surface area (Å²) >= 11 is 0. The molecule has 0 saturated carbocycles. The predicted molar refractivity (Wildman–Crippen MR) is 111 cm³/mol. The monoisotopic (exact) mass is 389 g/mol. The average Bonchev–Trinajstić information content (AvgIpc) is 2.77. The van der Waals surface area contributed by atoms with Crippen LogP contribution in [0.25, 0.3) is 11.1 Å². The summed E-state index contributed by atoms with van der Waals surface area (Å²) < 4.78 is 5.24. The Bertz CT molecular complexity index is 1030. The molecule has 3 aromatic rings. The second-order valence-corrected chi connectivity index (χ2v) is 6.19. The molecule has 0 aromatic heterocycles. The molecular weight excluding hydrogens is 370 g/mol. The molecule has 7 heteroatoms. The van der Waals surface area contributed by atoms with Crippen LogP contribution in [0.3, 0.4) is 0 Å². The first-order chi connectivity index (χ1) is 14.0. The van der Waals surface area contributed by atoms with E-state index in [4.69, 9.17) is 4.74 Å². The quantitative estimate of drug-likeness (QED) is 0.373. The van der Waals surface area contributed by atoms with Crippen LogP contribution in [0.1, 0.15) is 12.5 Å². The second-order valence-electron chi connectivity index (χ2n) is 6.19. The van der Waals surface area contributed by atoms with E-state index in [0.29, 0.717) is 5.71 Å². The predicted octanol–water partition coefficient (Wildman–Crippen LogP) is 4.18. The highest BCUT2D eigenvalue weighted by Gasteiger charge is 2.14. The number of benzene rings is 3. The van der Waals surface area contributed by atoms with Crippen LogP contribution in [-0.4, -0.2) is 23.1 Å². The number of amides is 1. The summed E-state index contributed by atoms with van der Waals surface area (Å²) in [6.45, 7) is 1.40. The van der Waals surface area contributed by atoms with Crippen LogP contribution >= 0.6 is 0 Å². The molecule has 29 heavy (non-hydrogen) atoms. The average molecular weight is 389 g/mol. The van der Waals surface area contributed by atoms with Crippen LogP contribution in [0, 0.1) is 10.1 Å². The van der Waals surface area contributed by atoms with Gasteiger partial charge in [0.1, 0.15) is 0 Å². The highest BCUT2D eigenvalue weighted by molar-refractivity contribution is 5.99. The Morgan fingerprint density at radius 3 is 2.28 bits per heavy atom. The van der Waals surface area contributed by atoms with Crippen molar-refractivity contribution in [2.24, 2.45) is 5.10 Å². The van der Waals surface area contributed by atoms with Crippen molar-refractivity contribution < 1.29 is 14.5 Å². The lowest BCUT2D eigenvalue weighted by Gasteiger charge is -2.07. The summed E-state index contributed by atoms with van der Waals surface area (Å²) in [5.41, 5.74) is 5.90. The van der Waals surface area contributed by atoms with Gasteiger partial charge in [-0.15, -0.1) is 0 Å². The molecule has 0 radical (unpaired) electrons. The van der Waals surface area contributed by atoms with Crippen LogP contribution in [-0.2, 0) is 4.79 Å². The molecule has 0 unspecified atom stereocenters. The van der Waals surface area contributed by atoms with Gasteiger partial charge in [0, 0.05) is 6.07 Å². The minimum atomic E-state index is -0.561. The Kier molecular flexibility index (Phi) is 6.32. The number of hydrogen-bond acceptors (Lipinski definition) is 5. The third kappa shape index (κ3) is 5.26. The number of hydrazone groups is 1. The van der Waals surface area contributed by atoms with Gasteiger partial charge in [0.25, 0.3) is 5.91 Å². The van der Waals surface area contributed by atoms with Gasteiger partial charge in [-0.05, 0) is 29.7 Å². The zero-order valence-corrected chi connectivity index (χ0v) is 15.7. The normalized spacial score (nSPS) is 11.0. The van der Waals surface area contributed by atoms with Crippen molar-refractivity contribution in [3.8, 4) is 16.9 Å². The highest BCUT2D eigenvalue weighted by Crippen LogP contribution is 2.25. The number of ether oxygens (including phenoxy) is 1. The van der Waals surface area contributed by atoms with Gasteiger partial charge in [0.05, 0.1) is 10.6 Å². The Balaban J connectivity index is 1.58. The number of carbonyl (C=O) groups excluding carboxylic acids is 1. The van der Waals surface area contributed by atoms with E-state index < -0.39 is 10.8 Å². The van der Waals surface area contributed by atoms with Crippen molar-refractivity contribution in [2.75, 3.05) is 6.61 Å². The third-order valence-corrected chi connectivity index (χ3v) is 4.18. The Morgan fingerprint density at radius 1 is 0.966 bits per heavy atom. The number of para-hydroxylation sites is 2. The summed E-state index contributed by atoms with van der Waals surface area (Å²) in [7, 11) is 0. The van der Waals surface area contributed by atoms with E-state index >= 15 is 0 Å². The van der Waals surface area contributed by atoms with Crippen molar-refractivity contribution in [3.63, 3.8) is 0 Å². The van der Waals surface area contributed by atoms with E-state index in [9.17, 15) is 14.9 Å². The smallest absolute Gasteiger partial charge is 0.310 e. The van der Waals surface area contributed by atoms with Crippen LogP contribution in [0.15, 0.2) is 84.0 Å². The lowest BCUT2D eigenvalue weighted by molar-refractivity contribution is -0.385. The maximum atomic E-state index is 12.0. The summed E-state index contributed by atoms with van der Waals surface area (Å²) in [6, 6.07) is 23.7. The van der Waals surface area contributed by atoms with Crippen LogP contribution in [0.2, 0.25) is 0 Å². The van der Waals surface area contributed by atoms with Gasteiger partial charge < -0.3 is 4.74 Å². The molecular formula is C22H19N3O4. The molecule has 1 N–H and O–H groups in total. The molecule has 0 aliphatic heterocycles. The van der Waals surface area contributed by atoms with E-state index in [1.807, 2.05) is 54.6 Å². The standard InChI is InChI=1S/C22H19N3O4/c1-16(17-11-13-19(14-12-17)18-7-3-2-4-8-18)23-24-22(26)15-29-21-10-6-5-9-20(21)25(27)28/h2-14H,15H2,1H3,(H,24,26)/b23-16-. The molecule has 0 atom stereocenters. The molecule has 146 valence electrons. The summed E-state index contributed by atoms with van der Waals surface area (Å²) in [4.78, 5) is 22.4. The van der Waals surface area contributed by atoms with Crippen LogP contribution < -0.4 is 10.2 Å². The number of rotatable bonds is 7. The van der Waals surface area contributed by atoms with E-state index in [-0.39, 0.29) is 18.0 Å². The van der Waals surface area contributed by atoms with Crippen LogP contribution in [0.5, 0.6) is 5.75 Å². The van der Waals surface area contributed by atoms with Gasteiger partial charge in [0.2, 0.25) is 0 Å². The molecule has 0 aliphatic carbocycles. The zero-order valence-electron chi connectivity index (χ0n) is 15.7. The zero-order chi connectivity index (χ0) is 20.6. The Morgan fingerprint density at radius 2 is 1.59 bits per heavy atom. The Labute approximate surface area is 167 Å². The number of nitro benzene ring substituents is 1. The van der Waals surface area contributed by atoms with E-state index in [1.54, 1.807) is 13.0 Å². The molecule has 7 nitrogen and oxygen atoms in total. The van der Waals surface area contributed by atoms with E-state index in [1.165, 1.54) is 18.2 Å². The van der Waals surface area contributed by atoms with Crippen molar-refractivity contribution in [1.82, 2.24) is 5.43 Å². The molecule has 0 fully saturated rings. The van der Waals surface area contributed by atoms with E-state index in [0.717, 1.165) is 16.7 Å². The number of hydrogen-bond donors (Lipinski definition) is 1. The van der Waals surface area contributed by atoms with Gasteiger partial charge in [-0.3, -0.25) is 14.9 Å². The molecule has 3 aromatic carbocycles. The third-order valence-electron chi connectivity index (χ3n) is 4.18. The number of nitro groups is 1. The van der Waals surface area contributed by atoms with Gasteiger partial charge in [-0.25, -0.2) is 5.43 Å². The second kappa shape index (κ2) is 9.27. The minimum absolute atomic E-state index is 0.0323. The van der Waals surface area contributed by atoms with Gasteiger partial charge in [-0.2, -0.15) is 5.10 Å². The fraction of sp³-hybridized carbons (Fsp3) is 0.0909. The molecule has 3 rings (SSSR count). The molecule has 0 aliphatic rings. The van der Waals surface area contributed by atoms with E-state index in [2.05, 4.69) is 10.5 Å². The summed E-state index contributed by atoms with van der Waals surface area (Å²) in [5.74, 6) is -0.478. The van der Waals surface area contributed by atoms with Crippen molar-refractivity contribution in [1.29, 1.82) is 0 Å². The first-order valence-corrected chi connectivity index (χ1v) is 8.90. The SMILES string of the molecule is C/C(=N/NC(=O)COc1ccccc1[N+](=O)[O-])c1ccc(-c2ccccc2)cc1. The fourth-order valence-corrected chi connectivity index (χ4v) is 2.65. The maximum absolute atomic E-state index is 12.0. The molecule has 1 amide bonds. The summed E-state index contributed by atoms with van der Waals surface area (Å²) in [6.07, 6.45) is 0. The van der Waals surface area contributed by atoms with Crippen molar-refractivity contribution in [3.05, 3.63) is 94.5 Å². The van der Waals surface area contributed by atoms with Gasteiger partial charge in [0.15, 0.2) is 12.4 Å². The van der Waals surface area contributed by atoms with Gasteiger partial charge >= 0.3 is 5.69 Å². The van der Waals surface area contributed by atoms with Crippen molar-refractivity contribution in [2.45, 2.75) is 6.92 Å². The lowest BCUT2D eigenvalue weighted by Crippen LogP contribution is -2.25. The summed E-state index contributed by atoms with van der Waals surface area (Å²) in [5, 5.41) is 15.0. The largest absolute Gasteiger partial charge is 0.477 e. The van der Waals surface area contributed by atoms with Gasteiger partial charge in [-0.1, -0.05) is 66.7 Å². The number of carbonyl (C=O) groups is 1. The highest BCUT2D eigenvalue weighted by atomic mass is 16.6. The molecule has 0 saturated heterocycles. The minimum Gasteiger partial charge on any atom is -0.477 e. The first-order valence-electron chi connectivity index (χ1n) is 8.90. The topological polar surface area (TPSA) is 93.8 Å². The maximum Gasteiger partial charge on any atom is 0.310 e. The number of nitrogens with one attached hydrogen (secondary N) is 1. The number of nitrogens with zero attached hydrogens (tertiary/aromatic N) is 2.